The molecule has 0 aliphatic carbocycles. The van der Waals surface area contributed by atoms with Crippen LogP contribution in [0.2, 0.25) is 0 Å². The van der Waals surface area contributed by atoms with Crippen molar-refractivity contribution < 1.29 is 25.2 Å². The summed E-state index contributed by atoms with van der Waals surface area (Å²) >= 11 is 0. The maximum atomic E-state index is 12.6. The summed E-state index contributed by atoms with van der Waals surface area (Å²) in [6, 6.07) is -1.00. The molecule has 1 amide bonds. The summed E-state index contributed by atoms with van der Waals surface area (Å²) in [5, 5.41) is 44.0. The molecule has 6 heteroatoms. The van der Waals surface area contributed by atoms with Crippen molar-refractivity contribution in [2.45, 2.75) is 359 Å². The van der Waals surface area contributed by atoms with Gasteiger partial charge in [0.15, 0.2) is 0 Å². The molecule has 5 N–H and O–H groups in total. The van der Waals surface area contributed by atoms with Gasteiger partial charge in [0.2, 0.25) is 5.91 Å². The predicted molar refractivity (Wildman–Crippen MR) is 298 cm³/mol. The van der Waals surface area contributed by atoms with Crippen molar-refractivity contribution in [2.24, 2.45) is 0 Å². The molecule has 68 heavy (non-hydrogen) atoms. The van der Waals surface area contributed by atoms with Crippen LogP contribution in [0.15, 0.2) is 24.3 Å². The number of carbonyl (C=O) groups is 1. The second-order valence-electron chi connectivity index (χ2n) is 21.4. The van der Waals surface area contributed by atoms with Gasteiger partial charge in [-0.25, -0.2) is 0 Å². The summed E-state index contributed by atoms with van der Waals surface area (Å²) < 4.78 is 0. The zero-order valence-corrected chi connectivity index (χ0v) is 45.9. The van der Waals surface area contributed by atoms with E-state index in [9.17, 15) is 25.2 Å². The number of aliphatic hydroxyl groups excluding tert-OH is 4. The second kappa shape index (κ2) is 56.7. The van der Waals surface area contributed by atoms with Crippen LogP contribution in [0.3, 0.4) is 0 Å². The van der Waals surface area contributed by atoms with Crippen LogP contribution >= 0.6 is 0 Å². The van der Waals surface area contributed by atoms with Gasteiger partial charge in [-0.05, 0) is 64.2 Å². The summed E-state index contributed by atoms with van der Waals surface area (Å²) in [6.45, 7) is 4.09. The Morgan fingerprint density at radius 1 is 0.353 bits per heavy atom. The molecule has 0 fully saturated rings. The van der Waals surface area contributed by atoms with Gasteiger partial charge in [0, 0.05) is 0 Å². The average Bonchev–Trinajstić information content (AvgIpc) is 3.34. The quantitative estimate of drug-likeness (QED) is 0.0308. The van der Waals surface area contributed by atoms with E-state index >= 15 is 0 Å². The normalized spacial score (nSPS) is 13.8. The number of rotatable bonds is 57. The summed E-state index contributed by atoms with van der Waals surface area (Å²) in [4.78, 5) is 12.6. The van der Waals surface area contributed by atoms with E-state index in [2.05, 4.69) is 43.5 Å². The molecule has 0 saturated heterocycles. The fourth-order valence-electron chi connectivity index (χ4n) is 9.82. The fraction of sp³-hybridized carbons (Fsp3) is 0.919. The highest BCUT2D eigenvalue weighted by Crippen LogP contribution is 2.18. The molecule has 0 saturated carbocycles. The van der Waals surface area contributed by atoms with E-state index < -0.39 is 36.9 Å². The van der Waals surface area contributed by atoms with Gasteiger partial charge < -0.3 is 25.7 Å². The van der Waals surface area contributed by atoms with Gasteiger partial charge in [0.1, 0.15) is 12.2 Å². The Morgan fingerprint density at radius 2 is 0.603 bits per heavy atom. The van der Waals surface area contributed by atoms with Crippen LogP contribution in [0.1, 0.15) is 335 Å². The Balaban J connectivity index is 3.62. The molecule has 0 rings (SSSR count). The zero-order chi connectivity index (χ0) is 49.5. The highest BCUT2D eigenvalue weighted by Gasteiger charge is 2.28. The first-order valence-electron chi connectivity index (χ1n) is 30.7. The fourth-order valence-corrected chi connectivity index (χ4v) is 9.82. The molecule has 0 radical (unpaired) electrons. The monoisotopic (exact) mass is 960 g/mol. The second-order valence-corrected chi connectivity index (χ2v) is 21.4. The molecule has 0 spiro atoms. The minimum Gasteiger partial charge on any atom is -0.394 e. The lowest BCUT2D eigenvalue weighted by Gasteiger charge is -2.27. The van der Waals surface area contributed by atoms with Crippen LogP contribution in [0, 0.1) is 0 Å². The van der Waals surface area contributed by atoms with Crippen LogP contribution in [-0.2, 0) is 4.79 Å². The highest BCUT2D eigenvalue weighted by atomic mass is 16.3. The van der Waals surface area contributed by atoms with Gasteiger partial charge >= 0.3 is 0 Å². The Kier molecular flexibility index (Phi) is 55.7. The number of aliphatic hydroxyl groups is 4. The first kappa shape index (κ1) is 66.8. The van der Waals surface area contributed by atoms with Crippen LogP contribution < -0.4 is 5.32 Å². The lowest BCUT2D eigenvalue weighted by molar-refractivity contribution is -0.132. The molecule has 4 atom stereocenters. The van der Waals surface area contributed by atoms with Crippen LogP contribution in [0.5, 0.6) is 0 Å². The number of nitrogens with one attached hydrogen (secondary N) is 1. The molecule has 0 aliphatic rings. The van der Waals surface area contributed by atoms with Crippen LogP contribution in [0.4, 0.5) is 0 Å². The van der Waals surface area contributed by atoms with Crippen molar-refractivity contribution in [2.75, 3.05) is 6.61 Å². The third-order valence-electron chi connectivity index (χ3n) is 14.6. The van der Waals surface area contributed by atoms with Crippen molar-refractivity contribution in [1.29, 1.82) is 0 Å². The molecule has 4 unspecified atom stereocenters. The minimum absolute atomic E-state index is 0.360. The molecule has 404 valence electrons. The summed E-state index contributed by atoms with van der Waals surface area (Å²) in [7, 11) is 0. The first-order chi connectivity index (χ1) is 33.5. The maximum absolute atomic E-state index is 12.6. The highest BCUT2D eigenvalue weighted by molar-refractivity contribution is 5.80. The Hall–Kier alpha value is -1.21. The van der Waals surface area contributed by atoms with E-state index in [0.29, 0.717) is 12.8 Å². The first-order valence-corrected chi connectivity index (χ1v) is 30.7. The molecule has 0 aliphatic heterocycles. The van der Waals surface area contributed by atoms with Crippen LogP contribution in [0.25, 0.3) is 0 Å². The largest absolute Gasteiger partial charge is 0.394 e. The van der Waals surface area contributed by atoms with Crippen molar-refractivity contribution >= 4 is 5.91 Å². The molecule has 0 bridgehead atoms. The zero-order valence-electron chi connectivity index (χ0n) is 45.9. The van der Waals surface area contributed by atoms with E-state index in [1.165, 1.54) is 270 Å². The predicted octanol–water partition coefficient (Wildman–Crippen LogP) is 18.2. The number of carbonyl (C=O) groups excluding carboxylic acids is 1. The SMILES string of the molecule is CCCCCCCCCCCCCC/C=C\CCCCCCCCCC(O)C(=O)NC(CO)C(O)C(O)CCC/C=C/CCCCCCCCCCCCCCCCCCCCCCCCCC. The smallest absolute Gasteiger partial charge is 0.249 e. The van der Waals surface area contributed by atoms with Crippen molar-refractivity contribution in [3.05, 3.63) is 24.3 Å². The molecule has 0 aromatic carbocycles. The maximum Gasteiger partial charge on any atom is 0.249 e. The van der Waals surface area contributed by atoms with Gasteiger partial charge in [-0.3, -0.25) is 4.79 Å². The molecule has 0 aromatic heterocycles. The number of allylic oxidation sites excluding steroid dienone is 4. The number of unbranched alkanes of at least 4 members (excludes halogenated alkanes) is 44. The number of hydrogen-bond acceptors (Lipinski definition) is 5. The average molecular weight is 961 g/mol. The van der Waals surface area contributed by atoms with Gasteiger partial charge in [0.05, 0.1) is 18.8 Å². The minimum atomic E-state index is -1.28. The van der Waals surface area contributed by atoms with Gasteiger partial charge in [-0.2, -0.15) is 0 Å². The van der Waals surface area contributed by atoms with Gasteiger partial charge in [-0.1, -0.05) is 295 Å². The third-order valence-corrected chi connectivity index (χ3v) is 14.6. The molecular formula is C62H121NO5. The van der Waals surface area contributed by atoms with E-state index in [0.717, 1.165) is 38.5 Å². The number of hydrogen-bond donors (Lipinski definition) is 5. The summed E-state index contributed by atoms with van der Waals surface area (Å²) in [5.74, 6) is -0.592. The van der Waals surface area contributed by atoms with Gasteiger partial charge in [-0.15, -0.1) is 0 Å². The standard InChI is InChI=1S/C62H121NO5/c1-3-5-7-9-11-13-15-17-19-21-23-25-27-28-29-30-31-32-34-35-37-39-41-43-45-47-49-51-53-55-59(65)61(67)58(57-64)63-62(68)60(66)56-54-52-50-48-46-44-42-40-38-36-33-26-24-22-20-18-16-14-12-10-8-6-4-2/h36,38,47,49,58-61,64-67H,3-35,37,39-46,48,50-57H2,1-2H3,(H,63,68)/b38-36-,49-47+. The Morgan fingerprint density at radius 3 is 0.882 bits per heavy atom. The lowest BCUT2D eigenvalue weighted by Crippen LogP contribution is -2.53. The van der Waals surface area contributed by atoms with Gasteiger partial charge in [0.25, 0.3) is 0 Å². The Bertz CT molecular complexity index is 1030. The van der Waals surface area contributed by atoms with Crippen LogP contribution in [-0.4, -0.2) is 57.3 Å². The molecular weight excluding hydrogens is 839 g/mol. The van der Waals surface area contributed by atoms with E-state index in [1.54, 1.807) is 0 Å². The molecule has 0 aromatic rings. The van der Waals surface area contributed by atoms with Crippen molar-refractivity contribution in [3.63, 3.8) is 0 Å². The third kappa shape index (κ3) is 49.8. The topological polar surface area (TPSA) is 110 Å². The molecule has 0 heterocycles. The van der Waals surface area contributed by atoms with Crippen molar-refractivity contribution in [3.8, 4) is 0 Å². The molecule has 6 nitrogen and oxygen atoms in total. The Labute approximate surface area is 425 Å². The summed E-state index contributed by atoms with van der Waals surface area (Å²) in [5.41, 5.74) is 0. The van der Waals surface area contributed by atoms with E-state index in [1.807, 2.05) is 0 Å². The number of amides is 1. The summed E-state index contributed by atoms with van der Waals surface area (Å²) in [6.07, 6.45) is 69.9. The van der Waals surface area contributed by atoms with Crippen molar-refractivity contribution in [1.82, 2.24) is 5.32 Å². The lowest BCUT2D eigenvalue weighted by atomic mass is 10.00. The van der Waals surface area contributed by atoms with E-state index in [4.69, 9.17) is 0 Å². The van der Waals surface area contributed by atoms with E-state index in [-0.39, 0.29) is 0 Å².